The standard InChI is InChI=1S/C11H21NO3/c1-8-4-5-12(10(8)7-13)9(2)6-11(14)15-3/h8-10,13H,4-7H2,1-3H3. The molecule has 1 rings (SSSR count). The Morgan fingerprint density at radius 2 is 2.33 bits per heavy atom. The van der Waals surface area contributed by atoms with Gasteiger partial charge in [-0.25, -0.2) is 0 Å². The first-order chi connectivity index (χ1) is 7.10. The zero-order valence-corrected chi connectivity index (χ0v) is 9.77. The van der Waals surface area contributed by atoms with Crippen molar-refractivity contribution >= 4 is 5.97 Å². The van der Waals surface area contributed by atoms with Gasteiger partial charge in [0.1, 0.15) is 0 Å². The lowest BCUT2D eigenvalue weighted by molar-refractivity contribution is -0.142. The van der Waals surface area contributed by atoms with Gasteiger partial charge >= 0.3 is 5.97 Å². The highest BCUT2D eigenvalue weighted by molar-refractivity contribution is 5.69. The number of nitrogens with zero attached hydrogens (tertiary/aromatic N) is 1. The molecule has 0 spiro atoms. The van der Waals surface area contributed by atoms with Gasteiger partial charge in [-0.1, -0.05) is 6.92 Å². The summed E-state index contributed by atoms with van der Waals surface area (Å²) in [5.74, 6) is 0.328. The molecule has 0 aromatic carbocycles. The van der Waals surface area contributed by atoms with Crippen molar-refractivity contribution in [3.05, 3.63) is 0 Å². The van der Waals surface area contributed by atoms with E-state index in [0.29, 0.717) is 12.3 Å². The minimum atomic E-state index is -0.182. The minimum Gasteiger partial charge on any atom is -0.469 e. The molecule has 0 aliphatic carbocycles. The van der Waals surface area contributed by atoms with Gasteiger partial charge < -0.3 is 9.84 Å². The number of likely N-dealkylation sites (tertiary alicyclic amines) is 1. The summed E-state index contributed by atoms with van der Waals surface area (Å²) in [5, 5.41) is 9.29. The quantitative estimate of drug-likeness (QED) is 0.699. The molecule has 4 heteroatoms. The second-order valence-electron chi connectivity index (χ2n) is 4.38. The van der Waals surface area contributed by atoms with Crippen molar-refractivity contribution in [1.29, 1.82) is 0 Å². The molecule has 1 N–H and O–H groups in total. The lowest BCUT2D eigenvalue weighted by atomic mass is 10.0. The number of methoxy groups -OCH3 is 1. The first-order valence-electron chi connectivity index (χ1n) is 5.53. The van der Waals surface area contributed by atoms with Crippen molar-refractivity contribution in [3.8, 4) is 0 Å². The van der Waals surface area contributed by atoms with Crippen LogP contribution in [0.4, 0.5) is 0 Å². The van der Waals surface area contributed by atoms with Crippen LogP contribution >= 0.6 is 0 Å². The Morgan fingerprint density at radius 1 is 1.67 bits per heavy atom. The lowest BCUT2D eigenvalue weighted by Gasteiger charge is -2.30. The maximum atomic E-state index is 11.1. The summed E-state index contributed by atoms with van der Waals surface area (Å²) in [6.45, 7) is 5.29. The van der Waals surface area contributed by atoms with E-state index in [1.165, 1.54) is 7.11 Å². The van der Waals surface area contributed by atoms with Crippen LogP contribution in [0.1, 0.15) is 26.7 Å². The van der Waals surface area contributed by atoms with E-state index in [9.17, 15) is 9.90 Å². The number of ether oxygens (including phenoxy) is 1. The van der Waals surface area contributed by atoms with E-state index in [4.69, 9.17) is 0 Å². The van der Waals surface area contributed by atoms with Crippen LogP contribution in [-0.4, -0.2) is 48.3 Å². The van der Waals surface area contributed by atoms with Gasteiger partial charge in [0.25, 0.3) is 0 Å². The predicted molar refractivity (Wildman–Crippen MR) is 57.5 cm³/mol. The van der Waals surface area contributed by atoms with Crippen molar-refractivity contribution in [2.24, 2.45) is 5.92 Å². The molecule has 0 amide bonds. The highest BCUT2D eigenvalue weighted by Crippen LogP contribution is 2.26. The lowest BCUT2D eigenvalue weighted by Crippen LogP contribution is -2.42. The summed E-state index contributed by atoms with van der Waals surface area (Å²) in [4.78, 5) is 13.4. The summed E-state index contributed by atoms with van der Waals surface area (Å²) in [7, 11) is 1.41. The fourth-order valence-electron chi connectivity index (χ4n) is 2.31. The molecule has 88 valence electrons. The molecule has 0 saturated carbocycles. The van der Waals surface area contributed by atoms with E-state index < -0.39 is 0 Å². The smallest absolute Gasteiger partial charge is 0.307 e. The van der Waals surface area contributed by atoms with Crippen molar-refractivity contribution < 1.29 is 14.6 Å². The van der Waals surface area contributed by atoms with Crippen LogP contribution < -0.4 is 0 Å². The summed E-state index contributed by atoms with van der Waals surface area (Å²) in [6, 6.07) is 0.351. The molecule has 0 radical (unpaired) electrons. The van der Waals surface area contributed by atoms with E-state index >= 15 is 0 Å². The molecular weight excluding hydrogens is 194 g/mol. The third-order valence-corrected chi connectivity index (χ3v) is 3.37. The molecule has 3 unspecified atom stereocenters. The van der Waals surface area contributed by atoms with E-state index in [-0.39, 0.29) is 24.7 Å². The number of aliphatic hydroxyl groups excluding tert-OH is 1. The van der Waals surface area contributed by atoms with Gasteiger partial charge in [-0.15, -0.1) is 0 Å². The molecule has 3 atom stereocenters. The molecule has 1 fully saturated rings. The molecular formula is C11H21NO3. The highest BCUT2D eigenvalue weighted by Gasteiger charge is 2.34. The van der Waals surface area contributed by atoms with Crippen molar-refractivity contribution in [2.45, 2.75) is 38.8 Å². The van der Waals surface area contributed by atoms with Crippen molar-refractivity contribution in [3.63, 3.8) is 0 Å². The van der Waals surface area contributed by atoms with Gasteiger partial charge in [0.2, 0.25) is 0 Å². The van der Waals surface area contributed by atoms with Gasteiger partial charge in [-0.3, -0.25) is 9.69 Å². The Hall–Kier alpha value is -0.610. The topological polar surface area (TPSA) is 49.8 Å². The minimum absolute atomic E-state index is 0.152. The maximum Gasteiger partial charge on any atom is 0.307 e. The monoisotopic (exact) mass is 215 g/mol. The van der Waals surface area contributed by atoms with Crippen LogP contribution in [0.15, 0.2) is 0 Å². The Labute approximate surface area is 91.2 Å². The fraction of sp³-hybridized carbons (Fsp3) is 0.909. The van der Waals surface area contributed by atoms with Gasteiger partial charge in [0, 0.05) is 12.1 Å². The number of rotatable bonds is 4. The zero-order valence-electron chi connectivity index (χ0n) is 9.77. The molecule has 15 heavy (non-hydrogen) atoms. The van der Waals surface area contributed by atoms with Gasteiger partial charge in [0.15, 0.2) is 0 Å². The van der Waals surface area contributed by atoms with E-state index in [1.54, 1.807) is 0 Å². The zero-order chi connectivity index (χ0) is 11.4. The average Bonchev–Trinajstić information content (AvgIpc) is 2.59. The molecule has 4 nitrogen and oxygen atoms in total. The van der Waals surface area contributed by atoms with Crippen LogP contribution in [0.2, 0.25) is 0 Å². The summed E-state index contributed by atoms with van der Waals surface area (Å²) >= 11 is 0. The summed E-state index contributed by atoms with van der Waals surface area (Å²) in [6.07, 6.45) is 1.50. The normalized spacial score (nSPS) is 29.1. The highest BCUT2D eigenvalue weighted by atomic mass is 16.5. The fourth-order valence-corrected chi connectivity index (χ4v) is 2.31. The third-order valence-electron chi connectivity index (χ3n) is 3.37. The van der Waals surface area contributed by atoms with Gasteiger partial charge in [-0.05, 0) is 25.8 Å². The predicted octanol–water partition coefficient (Wildman–Crippen LogP) is 0.641. The van der Waals surface area contributed by atoms with Crippen LogP contribution in [0.3, 0.4) is 0 Å². The van der Waals surface area contributed by atoms with Gasteiger partial charge in [0.05, 0.1) is 20.1 Å². The second-order valence-corrected chi connectivity index (χ2v) is 4.38. The molecule has 1 aliphatic heterocycles. The number of hydrogen-bond acceptors (Lipinski definition) is 4. The van der Waals surface area contributed by atoms with Crippen LogP contribution in [0, 0.1) is 5.92 Å². The Bertz CT molecular complexity index is 220. The molecule has 1 saturated heterocycles. The molecule has 0 aromatic heterocycles. The average molecular weight is 215 g/mol. The summed E-state index contributed by atoms with van der Waals surface area (Å²) < 4.78 is 4.65. The summed E-state index contributed by atoms with van der Waals surface area (Å²) in [5.41, 5.74) is 0. The molecule has 0 aromatic rings. The number of hydrogen-bond donors (Lipinski definition) is 1. The number of carbonyl (C=O) groups excluding carboxylic acids is 1. The number of carbonyl (C=O) groups is 1. The Kier molecular flexibility index (Phi) is 4.54. The largest absolute Gasteiger partial charge is 0.469 e. The molecule has 1 heterocycles. The SMILES string of the molecule is COC(=O)CC(C)N1CCC(C)C1CO. The van der Waals surface area contributed by atoms with Crippen LogP contribution in [-0.2, 0) is 9.53 Å². The maximum absolute atomic E-state index is 11.1. The van der Waals surface area contributed by atoms with E-state index in [0.717, 1.165) is 13.0 Å². The molecule has 0 bridgehead atoms. The van der Waals surface area contributed by atoms with Crippen molar-refractivity contribution in [1.82, 2.24) is 4.90 Å². The van der Waals surface area contributed by atoms with Crippen LogP contribution in [0.5, 0.6) is 0 Å². The van der Waals surface area contributed by atoms with Crippen molar-refractivity contribution in [2.75, 3.05) is 20.3 Å². The first kappa shape index (κ1) is 12.5. The Balaban J connectivity index is 2.51. The van der Waals surface area contributed by atoms with Crippen LogP contribution in [0.25, 0.3) is 0 Å². The molecule has 1 aliphatic rings. The second kappa shape index (κ2) is 5.47. The Morgan fingerprint density at radius 3 is 2.87 bits per heavy atom. The van der Waals surface area contributed by atoms with E-state index in [1.807, 2.05) is 6.92 Å². The van der Waals surface area contributed by atoms with Gasteiger partial charge in [-0.2, -0.15) is 0 Å². The van der Waals surface area contributed by atoms with E-state index in [2.05, 4.69) is 16.6 Å². The number of aliphatic hydroxyl groups is 1. The first-order valence-corrected chi connectivity index (χ1v) is 5.53. The number of esters is 1. The third kappa shape index (κ3) is 2.92.